The first-order chi connectivity index (χ1) is 6.77. The molecule has 7 heteroatoms. The van der Waals surface area contributed by atoms with Crippen molar-refractivity contribution in [2.24, 2.45) is 10.2 Å². The van der Waals surface area contributed by atoms with Gasteiger partial charge in [0.1, 0.15) is 0 Å². The Labute approximate surface area is 81.1 Å². The largest absolute Gasteiger partial charge is 0.385 e. The van der Waals surface area contributed by atoms with Gasteiger partial charge in [0.2, 0.25) is 0 Å². The Morgan fingerprint density at radius 1 is 1.43 bits per heavy atom. The third-order valence-corrected chi connectivity index (χ3v) is 2.13. The molecule has 1 aliphatic heterocycles. The first kappa shape index (κ1) is 10.2. The Bertz CT molecular complexity index is 332. The Morgan fingerprint density at radius 2 is 2.14 bits per heavy atom. The zero-order valence-corrected chi connectivity index (χ0v) is 7.88. The van der Waals surface area contributed by atoms with Crippen molar-refractivity contribution in [2.45, 2.75) is 19.4 Å². The quantitative estimate of drug-likeness (QED) is 0.412. The summed E-state index contributed by atoms with van der Waals surface area (Å²) in [5.41, 5.74) is 18.4. The van der Waals surface area contributed by atoms with Gasteiger partial charge in [-0.05, 0) is 30.0 Å². The normalized spacial score (nSPS) is 19.6. The van der Waals surface area contributed by atoms with Crippen molar-refractivity contribution in [3.8, 4) is 0 Å². The summed E-state index contributed by atoms with van der Waals surface area (Å²) in [7, 11) is 0. The molecule has 1 unspecified atom stereocenters. The van der Waals surface area contributed by atoms with Crippen LogP contribution >= 0.6 is 0 Å². The smallest absolute Gasteiger partial charge is 0.0490 e. The molecule has 0 amide bonds. The van der Waals surface area contributed by atoms with Gasteiger partial charge in [-0.25, -0.2) is 0 Å². The van der Waals surface area contributed by atoms with Gasteiger partial charge >= 0.3 is 0 Å². The average Bonchev–Trinajstić information content (AvgIpc) is 2.53. The van der Waals surface area contributed by atoms with E-state index in [0.717, 1.165) is 17.7 Å². The molecule has 0 saturated carbocycles. The molecule has 0 bridgehead atoms. The van der Waals surface area contributed by atoms with E-state index in [0.29, 0.717) is 13.1 Å². The van der Waals surface area contributed by atoms with Gasteiger partial charge in [0.25, 0.3) is 0 Å². The number of rotatable bonds is 4. The second-order valence-corrected chi connectivity index (χ2v) is 3.08. The molecule has 0 spiro atoms. The second-order valence-electron chi connectivity index (χ2n) is 3.08. The third kappa shape index (κ3) is 2.58. The first-order valence-corrected chi connectivity index (χ1v) is 4.24. The lowest BCUT2D eigenvalue weighted by atomic mass is 10.1. The van der Waals surface area contributed by atoms with E-state index in [1.54, 1.807) is 0 Å². The Balaban J connectivity index is 2.50. The van der Waals surface area contributed by atoms with Crippen LogP contribution in [-0.4, -0.2) is 19.1 Å². The molecular weight excluding hydrogens is 182 g/mol. The van der Waals surface area contributed by atoms with Gasteiger partial charge in [0.15, 0.2) is 0 Å². The highest BCUT2D eigenvalue weighted by Gasteiger charge is 2.18. The van der Waals surface area contributed by atoms with Crippen LogP contribution in [0, 0.1) is 0 Å². The minimum atomic E-state index is 0.148. The number of nitrogens with zero attached hydrogens (tertiary/aromatic N) is 6. The predicted molar refractivity (Wildman–Crippen MR) is 52.3 cm³/mol. The van der Waals surface area contributed by atoms with Crippen LogP contribution in [0.4, 0.5) is 0 Å². The molecule has 74 valence electrons. The van der Waals surface area contributed by atoms with E-state index in [-0.39, 0.29) is 6.04 Å². The van der Waals surface area contributed by atoms with Crippen LogP contribution < -0.4 is 5.32 Å². The number of allylic oxidation sites excluding steroid dienone is 1. The number of hydrogen-bond acceptors (Lipinski definition) is 3. The van der Waals surface area contributed by atoms with E-state index in [4.69, 9.17) is 11.1 Å². The van der Waals surface area contributed by atoms with Gasteiger partial charge in [0.05, 0.1) is 0 Å². The van der Waals surface area contributed by atoms with Crippen LogP contribution in [0.2, 0.25) is 0 Å². The maximum Gasteiger partial charge on any atom is 0.0490 e. The summed E-state index contributed by atoms with van der Waals surface area (Å²) in [6.07, 6.45) is 0.782. The highest BCUT2D eigenvalue weighted by atomic mass is 15.2. The molecule has 1 rings (SSSR count). The molecule has 1 atom stereocenters. The molecule has 0 aliphatic carbocycles. The molecule has 0 aromatic carbocycles. The SMILES string of the molecule is CC1=C(CN=[N+]=[N-])CC(CN=[N+]=[N-])N1. The summed E-state index contributed by atoms with van der Waals surface area (Å²) < 4.78 is 0. The zero-order chi connectivity index (χ0) is 10.4. The molecule has 7 nitrogen and oxygen atoms in total. The highest BCUT2D eigenvalue weighted by molar-refractivity contribution is 5.20. The van der Waals surface area contributed by atoms with Gasteiger partial charge in [-0.1, -0.05) is 10.2 Å². The van der Waals surface area contributed by atoms with Gasteiger partial charge in [0, 0.05) is 34.7 Å². The minimum absolute atomic E-state index is 0.148. The Kier molecular flexibility index (Phi) is 3.67. The van der Waals surface area contributed by atoms with Crippen molar-refractivity contribution >= 4 is 0 Å². The predicted octanol–water partition coefficient (Wildman–Crippen LogP) is 2.24. The molecule has 0 aromatic rings. The summed E-state index contributed by atoms with van der Waals surface area (Å²) in [5.74, 6) is 0. The summed E-state index contributed by atoms with van der Waals surface area (Å²) in [5, 5.41) is 10.2. The fraction of sp³-hybridized carbons (Fsp3) is 0.714. The number of nitrogens with one attached hydrogen (secondary N) is 1. The molecule has 0 aromatic heterocycles. The van der Waals surface area contributed by atoms with Crippen molar-refractivity contribution in [3.05, 3.63) is 32.2 Å². The monoisotopic (exact) mass is 193 g/mol. The van der Waals surface area contributed by atoms with Crippen LogP contribution in [0.5, 0.6) is 0 Å². The lowest BCUT2D eigenvalue weighted by Gasteiger charge is -2.07. The van der Waals surface area contributed by atoms with Crippen molar-refractivity contribution in [2.75, 3.05) is 13.1 Å². The fourth-order valence-electron chi connectivity index (χ4n) is 1.46. The molecule has 0 saturated heterocycles. The van der Waals surface area contributed by atoms with Crippen LogP contribution in [0.1, 0.15) is 13.3 Å². The molecule has 0 radical (unpaired) electrons. The molecule has 0 fully saturated rings. The van der Waals surface area contributed by atoms with E-state index < -0.39 is 0 Å². The fourth-order valence-corrected chi connectivity index (χ4v) is 1.46. The first-order valence-electron chi connectivity index (χ1n) is 4.24. The Hall–Kier alpha value is -1.84. The van der Waals surface area contributed by atoms with Gasteiger partial charge in [-0.2, -0.15) is 0 Å². The molecular formula is C7H11N7. The van der Waals surface area contributed by atoms with E-state index in [1.807, 2.05) is 6.92 Å². The van der Waals surface area contributed by atoms with Crippen LogP contribution in [0.25, 0.3) is 20.9 Å². The van der Waals surface area contributed by atoms with Crippen LogP contribution in [0.3, 0.4) is 0 Å². The third-order valence-electron chi connectivity index (χ3n) is 2.13. The zero-order valence-electron chi connectivity index (χ0n) is 7.88. The molecule has 1 heterocycles. The lowest BCUT2D eigenvalue weighted by molar-refractivity contribution is 0.615. The minimum Gasteiger partial charge on any atom is -0.385 e. The average molecular weight is 193 g/mol. The van der Waals surface area contributed by atoms with Crippen LogP contribution in [0.15, 0.2) is 21.5 Å². The van der Waals surface area contributed by atoms with Crippen LogP contribution in [-0.2, 0) is 0 Å². The van der Waals surface area contributed by atoms with E-state index in [1.165, 1.54) is 0 Å². The second kappa shape index (κ2) is 5.01. The van der Waals surface area contributed by atoms with Crippen molar-refractivity contribution in [1.29, 1.82) is 0 Å². The molecule has 14 heavy (non-hydrogen) atoms. The topological polar surface area (TPSA) is 110 Å². The van der Waals surface area contributed by atoms with Gasteiger partial charge in [-0.3, -0.25) is 0 Å². The number of hydrogen-bond donors (Lipinski definition) is 1. The lowest BCUT2D eigenvalue weighted by Crippen LogP contribution is -2.24. The van der Waals surface area contributed by atoms with Gasteiger partial charge < -0.3 is 5.32 Å². The maximum absolute atomic E-state index is 8.17. The van der Waals surface area contributed by atoms with E-state index >= 15 is 0 Å². The van der Waals surface area contributed by atoms with Crippen molar-refractivity contribution in [3.63, 3.8) is 0 Å². The summed E-state index contributed by atoms with van der Waals surface area (Å²) in [6.45, 7) is 2.74. The number of azide groups is 2. The van der Waals surface area contributed by atoms with Crippen molar-refractivity contribution < 1.29 is 0 Å². The standard InChI is InChI=1S/C7H11N7/c1-5-6(3-10-13-8)2-7(12-5)4-11-14-9/h7,12H,2-4H2,1H3. The van der Waals surface area contributed by atoms with Gasteiger partial charge in [-0.15, -0.1) is 0 Å². The van der Waals surface area contributed by atoms with Crippen molar-refractivity contribution in [1.82, 2.24) is 5.32 Å². The summed E-state index contributed by atoms with van der Waals surface area (Å²) in [6, 6.07) is 0.148. The maximum atomic E-state index is 8.17. The Morgan fingerprint density at radius 3 is 2.79 bits per heavy atom. The van der Waals surface area contributed by atoms with E-state index in [9.17, 15) is 0 Å². The summed E-state index contributed by atoms with van der Waals surface area (Å²) >= 11 is 0. The highest BCUT2D eigenvalue weighted by Crippen LogP contribution is 2.18. The molecule has 1 N–H and O–H groups in total. The summed E-state index contributed by atoms with van der Waals surface area (Å²) in [4.78, 5) is 5.40. The molecule has 1 aliphatic rings. The van der Waals surface area contributed by atoms with E-state index in [2.05, 4.69) is 25.4 Å².